The molecule has 1 heterocycles. The minimum absolute atomic E-state index is 0.878. The van der Waals surface area contributed by atoms with Gasteiger partial charge in [-0.2, -0.15) is 0 Å². The van der Waals surface area contributed by atoms with E-state index in [4.69, 9.17) is 0 Å². The molecule has 0 aliphatic heterocycles. The zero-order valence-corrected chi connectivity index (χ0v) is 11.4. The molecule has 0 saturated carbocycles. The number of hydrogen-bond donors (Lipinski definition) is 1. The van der Waals surface area contributed by atoms with E-state index in [-0.39, 0.29) is 0 Å². The summed E-state index contributed by atoms with van der Waals surface area (Å²) in [5, 5.41) is 4.17. The van der Waals surface area contributed by atoms with Gasteiger partial charge in [-0.15, -0.1) is 24.0 Å². The van der Waals surface area contributed by atoms with Crippen LogP contribution in [0, 0.1) is 0 Å². The highest BCUT2D eigenvalue weighted by Gasteiger charge is 2.07. The standard InChI is InChI=1S/C9H6Br2S2/c10-3-5-1-2-6-7(12)4-13-9(6)8(5)11/h1-2,4,12H,3H2. The van der Waals surface area contributed by atoms with Crippen LogP contribution in [0.4, 0.5) is 0 Å². The number of rotatable bonds is 1. The molecular weight excluding hydrogens is 332 g/mol. The second-order valence-electron chi connectivity index (χ2n) is 2.67. The van der Waals surface area contributed by atoms with Crippen molar-refractivity contribution in [3.8, 4) is 0 Å². The van der Waals surface area contributed by atoms with Crippen LogP contribution in [0.3, 0.4) is 0 Å². The van der Waals surface area contributed by atoms with Crippen LogP contribution in [0.15, 0.2) is 26.9 Å². The van der Waals surface area contributed by atoms with Crippen LogP contribution in [-0.4, -0.2) is 0 Å². The van der Waals surface area contributed by atoms with Crippen LogP contribution < -0.4 is 0 Å². The molecule has 1 aromatic heterocycles. The van der Waals surface area contributed by atoms with E-state index in [9.17, 15) is 0 Å². The minimum Gasteiger partial charge on any atom is -0.142 e. The number of thiophene rings is 1. The first-order chi connectivity index (χ1) is 6.24. The van der Waals surface area contributed by atoms with Crippen molar-refractivity contribution >= 4 is 65.9 Å². The smallest absolute Gasteiger partial charge is 0.0499 e. The highest BCUT2D eigenvalue weighted by atomic mass is 79.9. The Morgan fingerprint density at radius 1 is 1.38 bits per heavy atom. The Balaban J connectivity index is 2.80. The van der Waals surface area contributed by atoms with Gasteiger partial charge in [0, 0.05) is 30.2 Å². The Morgan fingerprint density at radius 3 is 2.85 bits per heavy atom. The topological polar surface area (TPSA) is 0 Å². The lowest BCUT2D eigenvalue weighted by atomic mass is 10.2. The fourth-order valence-electron chi connectivity index (χ4n) is 1.20. The van der Waals surface area contributed by atoms with Gasteiger partial charge in [-0.3, -0.25) is 0 Å². The zero-order valence-electron chi connectivity index (χ0n) is 6.55. The molecule has 0 aliphatic carbocycles. The first-order valence-electron chi connectivity index (χ1n) is 3.67. The van der Waals surface area contributed by atoms with Gasteiger partial charge in [-0.05, 0) is 21.5 Å². The van der Waals surface area contributed by atoms with E-state index < -0.39 is 0 Å². The van der Waals surface area contributed by atoms with Crippen molar-refractivity contribution in [2.75, 3.05) is 0 Å². The summed E-state index contributed by atoms with van der Waals surface area (Å²) in [5.41, 5.74) is 1.28. The molecule has 0 unspecified atom stereocenters. The average molecular weight is 338 g/mol. The van der Waals surface area contributed by atoms with Gasteiger partial charge in [0.15, 0.2) is 0 Å². The summed E-state index contributed by atoms with van der Waals surface area (Å²) >= 11 is 13.2. The maximum atomic E-state index is 4.39. The van der Waals surface area contributed by atoms with Crippen LogP contribution in [0.2, 0.25) is 0 Å². The summed E-state index contributed by atoms with van der Waals surface area (Å²) in [6.45, 7) is 0. The lowest BCUT2D eigenvalue weighted by molar-refractivity contribution is 1.44. The predicted molar refractivity (Wildman–Crippen MR) is 69.4 cm³/mol. The number of fused-ring (bicyclic) bond motifs is 1. The molecular formula is C9H6Br2S2. The second kappa shape index (κ2) is 3.93. The summed E-state index contributed by atoms with van der Waals surface area (Å²) in [5.74, 6) is 0. The van der Waals surface area contributed by atoms with E-state index in [1.165, 1.54) is 20.1 Å². The molecule has 0 radical (unpaired) electrons. The van der Waals surface area contributed by atoms with Crippen LogP contribution >= 0.6 is 55.8 Å². The Morgan fingerprint density at radius 2 is 2.15 bits per heavy atom. The van der Waals surface area contributed by atoms with Crippen molar-refractivity contribution in [3.05, 3.63) is 27.5 Å². The molecule has 0 fully saturated rings. The largest absolute Gasteiger partial charge is 0.142 e. The van der Waals surface area contributed by atoms with Crippen molar-refractivity contribution in [3.63, 3.8) is 0 Å². The molecule has 0 spiro atoms. The van der Waals surface area contributed by atoms with Crippen LogP contribution in [0.5, 0.6) is 0 Å². The third-order valence-corrected chi connectivity index (χ3v) is 5.22. The maximum absolute atomic E-state index is 4.39. The second-order valence-corrected chi connectivity index (χ2v) is 5.39. The molecule has 2 rings (SSSR count). The SMILES string of the molecule is Sc1csc2c(Br)c(CBr)ccc12. The van der Waals surface area contributed by atoms with Gasteiger partial charge in [0.2, 0.25) is 0 Å². The third-order valence-electron chi connectivity index (χ3n) is 1.89. The minimum atomic E-state index is 0.878. The number of thiol groups is 1. The summed E-state index contributed by atoms with van der Waals surface area (Å²) in [6.07, 6.45) is 0. The predicted octanol–water partition coefficient (Wildman–Crippen LogP) is 4.85. The number of benzene rings is 1. The van der Waals surface area contributed by atoms with Gasteiger partial charge in [-0.25, -0.2) is 0 Å². The van der Waals surface area contributed by atoms with Gasteiger partial charge in [0.25, 0.3) is 0 Å². The van der Waals surface area contributed by atoms with Gasteiger partial charge >= 0.3 is 0 Å². The van der Waals surface area contributed by atoms with Gasteiger partial charge in [0.1, 0.15) is 0 Å². The molecule has 0 N–H and O–H groups in total. The molecule has 4 heteroatoms. The van der Waals surface area contributed by atoms with Gasteiger partial charge < -0.3 is 0 Å². The molecule has 0 atom stereocenters. The quantitative estimate of drug-likeness (QED) is 0.558. The monoisotopic (exact) mass is 336 g/mol. The van der Waals surface area contributed by atoms with Crippen molar-refractivity contribution in [1.29, 1.82) is 0 Å². The molecule has 0 amide bonds. The molecule has 2 aromatic rings. The zero-order chi connectivity index (χ0) is 9.42. The average Bonchev–Trinajstić information content (AvgIpc) is 2.50. The van der Waals surface area contributed by atoms with E-state index >= 15 is 0 Å². The molecule has 1 aromatic carbocycles. The van der Waals surface area contributed by atoms with Gasteiger partial charge in [-0.1, -0.05) is 28.1 Å². The molecule has 13 heavy (non-hydrogen) atoms. The molecule has 0 saturated heterocycles. The van der Waals surface area contributed by atoms with Crippen molar-refractivity contribution in [2.45, 2.75) is 10.2 Å². The molecule has 0 nitrogen and oxygen atoms in total. The van der Waals surface area contributed by atoms with Crippen molar-refractivity contribution < 1.29 is 0 Å². The maximum Gasteiger partial charge on any atom is 0.0499 e. The first-order valence-corrected chi connectivity index (χ1v) is 6.91. The summed E-state index contributed by atoms with van der Waals surface area (Å²) in [6, 6.07) is 4.24. The summed E-state index contributed by atoms with van der Waals surface area (Å²) in [4.78, 5) is 1.06. The fraction of sp³-hybridized carbons (Fsp3) is 0.111. The normalized spacial score (nSPS) is 11.0. The lowest BCUT2D eigenvalue weighted by Gasteiger charge is -2.01. The Bertz CT molecular complexity index is 448. The Labute approximate surface area is 103 Å². The van der Waals surface area contributed by atoms with Gasteiger partial charge in [0.05, 0.1) is 0 Å². The van der Waals surface area contributed by atoms with E-state index in [1.54, 1.807) is 11.3 Å². The van der Waals surface area contributed by atoms with Crippen molar-refractivity contribution in [1.82, 2.24) is 0 Å². The highest BCUT2D eigenvalue weighted by molar-refractivity contribution is 9.11. The number of alkyl halides is 1. The van der Waals surface area contributed by atoms with E-state index in [1.807, 2.05) is 0 Å². The summed E-state index contributed by atoms with van der Waals surface area (Å²) in [7, 11) is 0. The molecule has 0 aliphatic rings. The molecule has 68 valence electrons. The van der Waals surface area contributed by atoms with E-state index in [2.05, 4.69) is 62.0 Å². The first kappa shape index (κ1) is 10.0. The highest BCUT2D eigenvalue weighted by Crippen LogP contribution is 2.36. The van der Waals surface area contributed by atoms with Crippen molar-refractivity contribution in [2.24, 2.45) is 0 Å². The fourth-order valence-corrected chi connectivity index (χ4v) is 4.12. The van der Waals surface area contributed by atoms with E-state index in [0.717, 1.165) is 10.2 Å². The van der Waals surface area contributed by atoms with Crippen LogP contribution in [0.1, 0.15) is 5.56 Å². The number of halogens is 2. The summed E-state index contributed by atoms with van der Waals surface area (Å²) < 4.78 is 2.47. The number of hydrogen-bond acceptors (Lipinski definition) is 2. The molecule has 0 bridgehead atoms. The Kier molecular flexibility index (Phi) is 3.03. The third kappa shape index (κ3) is 1.69. The Hall–Kier alpha value is 0.490. The van der Waals surface area contributed by atoms with E-state index in [0.29, 0.717) is 0 Å². The lowest BCUT2D eigenvalue weighted by Crippen LogP contribution is -1.79. The van der Waals surface area contributed by atoms with Crippen LogP contribution in [-0.2, 0) is 5.33 Å². The van der Waals surface area contributed by atoms with Crippen LogP contribution in [0.25, 0.3) is 10.1 Å².